The Hall–Kier alpha value is -0.500. The summed E-state index contributed by atoms with van der Waals surface area (Å²) in [5.41, 5.74) is 2.53. The van der Waals surface area contributed by atoms with Crippen LogP contribution in [0.4, 0.5) is 5.69 Å². The summed E-state index contributed by atoms with van der Waals surface area (Å²) < 4.78 is 1.17. The Morgan fingerprint density at radius 1 is 1.29 bits per heavy atom. The van der Waals surface area contributed by atoms with Crippen molar-refractivity contribution >= 4 is 21.6 Å². The van der Waals surface area contributed by atoms with E-state index in [2.05, 4.69) is 60.2 Å². The van der Waals surface area contributed by atoms with E-state index < -0.39 is 0 Å². The highest BCUT2D eigenvalue weighted by molar-refractivity contribution is 9.10. The molecule has 1 rings (SSSR count). The van der Waals surface area contributed by atoms with Crippen molar-refractivity contribution in [3.05, 3.63) is 28.2 Å². The molecule has 0 spiro atoms. The zero-order chi connectivity index (χ0) is 10.6. The SMILES string of the molecule is CCC(CC)Nc1cccc(Br)c1C. The number of rotatable bonds is 4. The molecule has 0 heterocycles. The molecule has 0 aliphatic rings. The van der Waals surface area contributed by atoms with E-state index >= 15 is 0 Å². The first-order valence-corrected chi connectivity index (χ1v) is 6.00. The molecule has 0 aliphatic carbocycles. The lowest BCUT2D eigenvalue weighted by Gasteiger charge is -2.18. The number of halogens is 1. The molecule has 14 heavy (non-hydrogen) atoms. The summed E-state index contributed by atoms with van der Waals surface area (Å²) in [6, 6.07) is 6.87. The van der Waals surface area contributed by atoms with Gasteiger partial charge in [-0.2, -0.15) is 0 Å². The van der Waals surface area contributed by atoms with Gasteiger partial charge in [0.05, 0.1) is 0 Å². The van der Waals surface area contributed by atoms with Crippen molar-refractivity contribution in [2.75, 3.05) is 5.32 Å². The van der Waals surface area contributed by atoms with Crippen LogP contribution in [0.2, 0.25) is 0 Å². The van der Waals surface area contributed by atoms with Crippen molar-refractivity contribution in [3.8, 4) is 0 Å². The summed E-state index contributed by atoms with van der Waals surface area (Å²) in [4.78, 5) is 0. The van der Waals surface area contributed by atoms with Gasteiger partial charge in [0.25, 0.3) is 0 Å². The van der Waals surface area contributed by atoms with Gasteiger partial charge in [-0.25, -0.2) is 0 Å². The van der Waals surface area contributed by atoms with Crippen molar-refractivity contribution in [2.45, 2.75) is 39.7 Å². The molecule has 1 N–H and O–H groups in total. The highest BCUT2D eigenvalue weighted by atomic mass is 79.9. The van der Waals surface area contributed by atoms with Crippen LogP contribution in [-0.4, -0.2) is 6.04 Å². The fourth-order valence-corrected chi connectivity index (χ4v) is 1.84. The lowest BCUT2D eigenvalue weighted by molar-refractivity contribution is 0.671. The Bertz CT molecular complexity index is 292. The molecule has 1 aromatic rings. The van der Waals surface area contributed by atoms with Gasteiger partial charge in [-0.1, -0.05) is 35.8 Å². The molecular weight excluding hydrogens is 238 g/mol. The quantitative estimate of drug-likeness (QED) is 0.844. The summed E-state index contributed by atoms with van der Waals surface area (Å²) in [5, 5.41) is 3.56. The zero-order valence-electron chi connectivity index (χ0n) is 9.10. The highest BCUT2D eigenvalue weighted by Crippen LogP contribution is 2.24. The van der Waals surface area contributed by atoms with Gasteiger partial charge >= 0.3 is 0 Å². The first-order chi connectivity index (χ1) is 6.69. The van der Waals surface area contributed by atoms with Crippen LogP contribution in [0.25, 0.3) is 0 Å². The third-order valence-corrected chi connectivity index (χ3v) is 3.47. The van der Waals surface area contributed by atoms with Crippen LogP contribution in [0.1, 0.15) is 32.3 Å². The van der Waals surface area contributed by atoms with E-state index in [0.29, 0.717) is 6.04 Å². The van der Waals surface area contributed by atoms with Crippen LogP contribution >= 0.6 is 15.9 Å². The number of hydrogen-bond acceptors (Lipinski definition) is 1. The van der Waals surface area contributed by atoms with Crippen LogP contribution in [0.5, 0.6) is 0 Å². The van der Waals surface area contributed by atoms with E-state index in [1.807, 2.05) is 0 Å². The number of nitrogens with one attached hydrogen (secondary N) is 1. The Morgan fingerprint density at radius 2 is 1.93 bits per heavy atom. The molecule has 78 valence electrons. The second-order valence-corrected chi connectivity index (χ2v) is 4.42. The van der Waals surface area contributed by atoms with Crippen LogP contribution in [0.3, 0.4) is 0 Å². The average Bonchev–Trinajstić information content (AvgIpc) is 2.20. The van der Waals surface area contributed by atoms with Crippen LogP contribution in [0.15, 0.2) is 22.7 Å². The molecule has 0 saturated heterocycles. The van der Waals surface area contributed by atoms with E-state index in [-0.39, 0.29) is 0 Å². The van der Waals surface area contributed by atoms with Gasteiger partial charge in [-0.3, -0.25) is 0 Å². The maximum absolute atomic E-state index is 3.56. The third-order valence-electron chi connectivity index (χ3n) is 2.61. The van der Waals surface area contributed by atoms with Gasteiger partial charge < -0.3 is 5.32 Å². The largest absolute Gasteiger partial charge is 0.382 e. The molecule has 0 saturated carbocycles. The maximum atomic E-state index is 3.56. The standard InChI is InChI=1S/C12H18BrN/c1-4-10(5-2)14-12-8-6-7-11(13)9(12)3/h6-8,10,14H,4-5H2,1-3H3. The van der Waals surface area contributed by atoms with Crippen molar-refractivity contribution in [3.63, 3.8) is 0 Å². The van der Waals surface area contributed by atoms with Crippen LogP contribution < -0.4 is 5.32 Å². The van der Waals surface area contributed by atoms with E-state index in [4.69, 9.17) is 0 Å². The molecular formula is C12H18BrN. The molecule has 0 fully saturated rings. The van der Waals surface area contributed by atoms with Gasteiger partial charge in [-0.15, -0.1) is 0 Å². The Labute approximate surface area is 95.0 Å². The number of benzene rings is 1. The van der Waals surface area contributed by atoms with Crippen molar-refractivity contribution < 1.29 is 0 Å². The Kier molecular flexibility index (Phi) is 4.46. The minimum atomic E-state index is 0.586. The maximum Gasteiger partial charge on any atom is 0.0383 e. The van der Waals surface area contributed by atoms with Gasteiger partial charge in [0.1, 0.15) is 0 Å². The fraction of sp³-hybridized carbons (Fsp3) is 0.500. The van der Waals surface area contributed by atoms with Crippen molar-refractivity contribution in [1.82, 2.24) is 0 Å². The van der Waals surface area contributed by atoms with Crippen LogP contribution in [0, 0.1) is 6.92 Å². The Morgan fingerprint density at radius 3 is 2.50 bits per heavy atom. The molecule has 2 heteroatoms. The molecule has 0 bridgehead atoms. The zero-order valence-corrected chi connectivity index (χ0v) is 10.7. The summed E-state index contributed by atoms with van der Waals surface area (Å²) in [5.74, 6) is 0. The van der Waals surface area contributed by atoms with Gasteiger partial charge in [0.2, 0.25) is 0 Å². The lowest BCUT2D eigenvalue weighted by atomic mass is 10.1. The average molecular weight is 256 g/mol. The minimum Gasteiger partial charge on any atom is -0.382 e. The predicted octanol–water partition coefficient (Wildman–Crippen LogP) is 4.36. The fourth-order valence-electron chi connectivity index (χ4n) is 1.48. The molecule has 1 aromatic carbocycles. The smallest absolute Gasteiger partial charge is 0.0383 e. The van der Waals surface area contributed by atoms with E-state index in [1.54, 1.807) is 0 Å². The van der Waals surface area contributed by atoms with Crippen LogP contribution in [-0.2, 0) is 0 Å². The van der Waals surface area contributed by atoms with E-state index in [1.165, 1.54) is 28.6 Å². The monoisotopic (exact) mass is 255 g/mol. The molecule has 0 radical (unpaired) electrons. The van der Waals surface area contributed by atoms with E-state index in [9.17, 15) is 0 Å². The van der Waals surface area contributed by atoms with Crippen molar-refractivity contribution in [1.29, 1.82) is 0 Å². The molecule has 0 aliphatic heterocycles. The summed E-state index contributed by atoms with van der Waals surface area (Å²) in [6.07, 6.45) is 2.34. The molecule has 0 amide bonds. The second-order valence-electron chi connectivity index (χ2n) is 3.57. The molecule has 0 aromatic heterocycles. The first-order valence-electron chi connectivity index (χ1n) is 5.20. The molecule has 0 atom stereocenters. The predicted molar refractivity (Wildman–Crippen MR) is 66.9 cm³/mol. The summed E-state index contributed by atoms with van der Waals surface area (Å²) in [7, 11) is 0. The topological polar surface area (TPSA) is 12.0 Å². The highest BCUT2D eigenvalue weighted by Gasteiger charge is 2.06. The molecule has 1 nitrogen and oxygen atoms in total. The van der Waals surface area contributed by atoms with Gasteiger partial charge in [0, 0.05) is 16.2 Å². The van der Waals surface area contributed by atoms with Gasteiger partial charge in [0.15, 0.2) is 0 Å². The van der Waals surface area contributed by atoms with Crippen molar-refractivity contribution in [2.24, 2.45) is 0 Å². The van der Waals surface area contributed by atoms with E-state index in [0.717, 1.165) is 0 Å². The Balaban J connectivity index is 2.80. The summed E-state index contributed by atoms with van der Waals surface area (Å²) in [6.45, 7) is 6.57. The third kappa shape index (κ3) is 2.74. The van der Waals surface area contributed by atoms with Gasteiger partial charge in [-0.05, 0) is 37.5 Å². The number of anilines is 1. The second kappa shape index (κ2) is 5.40. The normalized spacial score (nSPS) is 10.6. The molecule has 0 unspecified atom stereocenters. The summed E-state index contributed by atoms with van der Waals surface area (Å²) >= 11 is 3.54. The first kappa shape index (κ1) is 11.6. The lowest BCUT2D eigenvalue weighted by Crippen LogP contribution is -2.17. The minimum absolute atomic E-state index is 0.586. The number of hydrogen-bond donors (Lipinski definition) is 1.